The second kappa shape index (κ2) is 10.3. The summed E-state index contributed by atoms with van der Waals surface area (Å²) < 4.78 is 21.1. The highest BCUT2D eigenvalue weighted by atomic mass is 19.1. The molecule has 3 aromatic carbocycles. The van der Waals surface area contributed by atoms with Gasteiger partial charge >= 0.3 is 0 Å². The van der Waals surface area contributed by atoms with Crippen molar-refractivity contribution in [1.29, 1.82) is 0 Å². The van der Waals surface area contributed by atoms with Crippen LogP contribution in [0.4, 0.5) is 10.1 Å². The summed E-state index contributed by atoms with van der Waals surface area (Å²) >= 11 is 0. The van der Waals surface area contributed by atoms with Crippen LogP contribution < -0.4 is 4.74 Å². The van der Waals surface area contributed by atoms with Crippen molar-refractivity contribution in [3.05, 3.63) is 123 Å². The SMILES string of the molecule is O=C(/C=C/c1ccc(OCc2cn(Cc3ccccc3F)nn2)cc1)c1ccc([N+](=O)[O-])cc1. The molecule has 4 aromatic rings. The molecule has 0 unspecified atom stereocenters. The lowest BCUT2D eigenvalue weighted by atomic mass is 10.1. The average Bonchev–Trinajstić information content (AvgIpc) is 3.30. The summed E-state index contributed by atoms with van der Waals surface area (Å²) in [4.78, 5) is 22.4. The molecule has 0 amide bonds. The summed E-state index contributed by atoms with van der Waals surface area (Å²) in [5, 5.41) is 18.8. The van der Waals surface area contributed by atoms with Gasteiger partial charge in [0.1, 0.15) is 23.9 Å². The normalized spacial score (nSPS) is 11.0. The van der Waals surface area contributed by atoms with Crippen molar-refractivity contribution in [2.75, 3.05) is 0 Å². The van der Waals surface area contributed by atoms with Crippen molar-refractivity contribution < 1.29 is 18.8 Å². The molecule has 0 aliphatic heterocycles. The van der Waals surface area contributed by atoms with Gasteiger partial charge in [-0.05, 0) is 42.0 Å². The predicted octanol–water partition coefficient (Wildman–Crippen LogP) is 4.85. The first-order chi connectivity index (χ1) is 16.5. The van der Waals surface area contributed by atoms with Crippen molar-refractivity contribution in [3.8, 4) is 5.75 Å². The topological polar surface area (TPSA) is 100 Å². The molecule has 0 spiro atoms. The predicted molar refractivity (Wildman–Crippen MR) is 123 cm³/mol. The van der Waals surface area contributed by atoms with Gasteiger partial charge in [-0.15, -0.1) is 5.10 Å². The molecule has 34 heavy (non-hydrogen) atoms. The minimum Gasteiger partial charge on any atom is -0.487 e. The molecule has 9 heteroatoms. The fourth-order valence-corrected chi connectivity index (χ4v) is 3.13. The van der Waals surface area contributed by atoms with Gasteiger partial charge in [0.25, 0.3) is 5.69 Å². The van der Waals surface area contributed by atoms with Gasteiger partial charge in [-0.2, -0.15) is 0 Å². The van der Waals surface area contributed by atoms with E-state index in [0.29, 0.717) is 22.6 Å². The minimum atomic E-state index is -0.512. The summed E-state index contributed by atoms with van der Waals surface area (Å²) in [5.74, 6) is 0.0653. The molecule has 0 N–H and O–H groups in total. The summed E-state index contributed by atoms with van der Waals surface area (Å²) in [5.41, 5.74) is 2.22. The highest BCUT2D eigenvalue weighted by Gasteiger charge is 2.08. The van der Waals surface area contributed by atoms with Gasteiger partial charge in [-0.25, -0.2) is 9.07 Å². The number of carbonyl (C=O) groups is 1. The number of allylic oxidation sites excluding steroid dienone is 1. The van der Waals surface area contributed by atoms with Crippen LogP contribution in [0.2, 0.25) is 0 Å². The van der Waals surface area contributed by atoms with Gasteiger partial charge in [-0.3, -0.25) is 14.9 Å². The van der Waals surface area contributed by atoms with Crippen LogP contribution in [-0.2, 0) is 13.2 Å². The third-order valence-corrected chi connectivity index (χ3v) is 4.93. The number of hydrogen-bond acceptors (Lipinski definition) is 6. The van der Waals surface area contributed by atoms with E-state index in [1.807, 2.05) is 0 Å². The Hall–Kier alpha value is -4.66. The number of nitro benzene ring substituents is 1. The number of benzene rings is 3. The maximum absolute atomic E-state index is 13.8. The number of non-ortho nitro benzene ring substituents is 1. The van der Waals surface area contributed by atoms with Gasteiger partial charge in [0.05, 0.1) is 17.7 Å². The third-order valence-electron chi connectivity index (χ3n) is 4.93. The number of ketones is 1. The number of halogens is 1. The number of ether oxygens (including phenoxy) is 1. The van der Waals surface area contributed by atoms with Crippen LogP contribution in [0.3, 0.4) is 0 Å². The van der Waals surface area contributed by atoms with E-state index in [1.165, 1.54) is 36.4 Å². The Morgan fingerprint density at radius 1 is 1.06 bits per heavy atom. The zero-order valence-electron chi connectivity index (χ0n) is 17.9. The Labute approximate surface area is 194 Å². The first-order valence-corrected chi connectivity index (χ1v) is 10.3. The molecule has 0 aliphatic carbocycles. The minimum absolute atomic E-state index is 0.0660. The summed E-state index contributed by atoms with van der Waals surface area (Å²) in [6.45, 7) is 0.477. The molecular formula is C25H19FN4O4. The summed E-state index contributed by atoms with van der Waals surface area (Å²) in [6.07, 6.45) is 4.76. The van der Waals surface area contributed by atoms with Crippen molar-refractivity contribution >= 4 is 17.5 Å². The van der Waals surface area contributed by atoms with Crippen LogP contribution in [0.15, 0.2) is 85.1 Å². The second-order valence-corrected chi connectivity index (χ2v) is 7.36. The van der Waals surface area contributed by atoms with E-state index < -0.39 is 4.92 Å². The molecule has 8 nitrogen and oxygen atoms in total. The number of rotatable bonds is 9. The molecule has 1 aromatic heterocycles. The zero-order chi connectivity index (χ0) is 23.9. The van der Waals surface area contributed by atoms with Crippen LogP contribution in [0.5, 0.6) is 5.75 Å². The molecule has 0 bridgehead atoms. The molecule has 0 radical (unpaired) electrons. The summed E-state index contributed by atoms with van der Waals surface area (Å²) in [6, 6.07) is 19.1. The zero-order valence-corrected chi connectivity index (χ0v) is 17.9. The van der Waals surface area contributed by atoms with Crippen LogP contribution in [0.1, 0.15) is 27.2 Å². The number of hydrogen-bond donors (Lipinski definition) is 0. The van der Waals surface area contributed by atoms with E-state index in [9.17, 15) is 19.3 Å². The standard InChI is InChI=1S/C25H19FN4O4/c26-24-4-2-1-3-20(24)15-29-16-21(27-28-29)17-34-23-12-5-18(6-13-23)7-14-25(31)19-8-10-22(11-9-19)30(32)33/h1-14,16H,15,17H2/b14-7+. The van der Waals surface area contributed by atoms with Crippen molar-refractivity contribution in [3.63, 3.8) is 0 Å². The van der Waals surface area contributed by atoms with E-state index >= 15 is 0 Å². The van der Waals surface area contributed by atoms with Crippen molar-refractivity contribution in [1.82, 2.24) is 15.0 Å². The van der Waals surface area contributed by atoms with E-state index in [-0.39, 0.29) is 30.4 Å². The van der Waals surface area contributed by atoms with Gasteiger partial charge in [0.15, 0.2) is 5.78 Å². The monoisotopic (exact) mass is 458 g/mol. The number of aromatic nitrogens is 3. The van der Waals surface area contributed by atoms with Crippen LogP contribution >= 0.6 is 0 Å². The molecule has 0 saturated heterocycles. The Balaban J connectivity index is 1.30. The molecule has 4 rings (SSSR count). The van der Waals surface area contributed by atoms with Gasteiger partial charge in [-0.1, -0.05) is 41.6 Å². The fourth-order valence-electron chi connectivity index (χ4n) is 3.13. The van der Waals surface area contributed by atoms with E-state index in [1.54, 1.807) is 59.4 Å². The van der Waals surface area contributed by atoms with Crippen LogP contribution in [-0.4, -0.2) is 25.7 Å². The number of nitro groups is 1. The van der Waals surface area contributed by atoms with Crippen molar-refractivity contribution in [2.24, 2.45) is 0 Å². The number of nitrogens with zero attached hydrogens (tertiary/aromatic N) is 4. The lowest BCUT2D eigenvalue weighted by molar-refractivity contribution is -0.384. The lowest BCUT2D eigenvalue weighted by Crippen LogP contribution is -2.02. The summed E-state index contributed by atoms with van der Waals surface area (Å²) in [7, 11) is 0. The second-order valence-electron chi connectivity index (χ2n) is 7.36. The molecule has 0 fully saturated rings. The largest absolute Gasteiger partial charge is 0.487 e. The van der Waals surface area contributed by atoms with Crippen LogP contribution in [0.25, 0.3) is 6.08 Å². The first-order valence-electron chi connectivity index (χ1n) is 10.3. The smallest absolute Gasteiger partial charge is 0.269 e. The van der Waals surface area contributed by atoms with E-state index in [2.05, 4.69) is 10.3 Å². The van der Waals surface area contributed by atoms with Gasteiger partial charge in [0.2, 0.25) is 0 Å². The average molecular weight is 458 g/mol. The van der Waals surface area contributed by atoms with Crippen LogP contribution in [0, 0.1) is 15.9 Å². The Kier molecular flexibility index (Phi) is 6.83. The van der Waals surface area contributed by atoms with Crippen molar-refractivity contribution in [2.45, 2.75) is 13.2 Å². The quantitative estimate of drug-likeness (QED) is 0.154. The van der Waals surface area contributed by atoms with Gasteiger partial charge in [0, 0.05) is 23.3 Å². The highest BCUT2D eigenvalue weighted by molar-refractivity contribution is 6.06. The Morgan fingerprint density at radius 2 is 1.79 bits per heavy atom. The van der Waals surface area contributed by atoms with E-state index in [0.717, 1.165) is 5.56 Å². The Morgan fingerprint density at radius 3 is 2.50 bits per heavy atom. The fraction of sp³-hybridized carbons (Fsp3) is 0.0800. The lowest BCUT2D eigenvalue weighted by Gasteiger charge is -2.04. The molecule has 1 heterocycles. The Bertz CT molecular complexity index is 1330. The highest BCUT2D eigenvalue weighted by Crippen LogP contribution is 2.16. The molecule has 0 saturated carbocycles. The molecule has 0 aliphatic rings. The maximum Gasteiger partial charge on any atom is 0.269 e. The third kappa shape index (κ3) is 5.77. The van der Waals surface area contributed by atoms with E-state index in [4.69, 9.17) is 4.74 Å². The first kappa shape index (κ1) is 22.5. The molecule has 0 atom stereocenters. The molecule has 170 valence electrons. The number of carbonyl (C=O) groups excluding carboxylic acids is 1. The van der Waals surface area contributed by atoms with Gasteiger partial charge < -0.3 is 4.74 Å². The molecular weight excluding hydrogens is 439 g/mol. The maximum atomic E-state index is 13.8.